The van der Waals surface area contributed by atoms with Crippen molar-refractivity contribution in [3.63, 3.8) is 0 Å². The fourth-order valence-corrected chi connectivity index (χ4v) is 3.10. The van der Waals surface area contributed by atoms with Crippen LogP contribution in [0, 0.1) is 10.8 Å². The van der Waals surface area contributed by atoms with E-state index >= 15 is 0 Å². The second kappa shape index (κ2) is 6.04. The molecule has 1 rings (SSSR count). The fourth-order valence-electron chi connectivity index (χ4n) is 3.10. The van der Waals surface area contributed by atoms with Crippen molar-refractivity contribution >= 4 is 23.1 Å². The third-order valence-electron chi connectivity index (χ3n) is 5.01. The summed E-state index contributed by atoms with van der Waals surface area (Å²) in [5.41, 5.74) is -2.01. The van der Waals surface area contributed by atoms with Crippen molar-refractivity contribution in [3.8, 4) is 0 Å². The lowest BCUT2D eigenvalue weighted by Gasteiger charge is -2.38. The zero-order valence-corrected chi connectivity index (χ0v) is 13.4. The van der Waals surface area contributed by atoms with Crippen LogP contribution in [-0.4, -0.2) is 23.1 Å². The largest absolute Gasteiger partial charge is 0.299 e. The molecule has 0 radical (unpaired) electrons. The van der Waals surface area contributed by atoms with Crippen LogP contribution in [0.4, 0.5) is 0 Å². The Morgan fingerprint density at radius 3 is 2.05 bits per heavy atom. The summed E-state index contributed by atoms with van der Waals surface area (Å²) >= 11 is 0. The Balaban J connectivity index is 3.20. The van der Waals surface area contributed by atoms with Gasteiger partial charge in [0.05, 0.1) is 5.41 Å². The number of carbonyl (C=O) groups excluding carboxylic acids is 4. The average Bonchev–Trinajstić information content (AvgIpc) is 2.38. The lowest BCUT2D eigenvalue weighted by atomic mass is 9.62. The molecule has 0 N–H and O–H groups in total. The summed E-state index contributed by atoms with van der Waals surface area (Å²) in [7, 11) is 0. The molecule has 0 spiro atoms. The van der Waals surface area contributed by atoms with E-state index in [0.29, 0.717) is 18.4 Å². The zero-order valence-electron chi connectivity index (χ0n) is 13.4. The van der Waals surface area contributed by atoms with Gasteiger partial charge in [-0.2, -0.15) is 0 Å². The van der Waals surface area contributed by atoms with E-state index in [-0.39, 0.29) is 29.6 Å². The quantitative estimate of drug-likeness (QED) is 0.557. The predicted octanol–water partition coefficient (Wildman–Crippen LogP) is 2.84. The Hall–Kier alpha value is -1.58. The van der Waals surface area contributed by atoms with Crippen LogP contribution in [0.2, 0.25) is 0 Å². The van der Waals surface area contributed by atoms with Crippen LogP contribution in [0.1, 0.15) is 59.8 Å². The highest BCUT2D eigenvalue weighted by molar-refractivity contribution is 6.10. The van der Waals surface area contributed by atoms with Crippen molar-refractivity contribution in [1.82, 2.24) is 0 Å². The first kappa shape index (κ1) is 17.5. The molecular weight excluding hydrogens is 268 g/mol. The normalized spacial score (nSPS) is 22.8. The van der Waals surface area contributed by atoms with Crippen molar-refractivity contribution in [2.45, 2.75) is 59.8 Å². The highest BCUT2D eigenvalue weighted by Crippen LogP contribution is 2.44. The lowest BCUT2D eigenvalue weighted by Crippen LogP contribution is -2.45. The summed E-state index contributed by atoms with van der Waals surface area (Å²) in [6, 6.07) is 0. The van der Waals surface area contributed by atoms with Crippen molar-refractivity contribution in [2.24, 2.45) is 10.8 Å². The molecule has 4 nitrogen and oxygen atoms in total. The fraction of sp³-hybridized carbons (Fsp3) is 0.647. The van der Waals surface area contributed by atoms with Crippen LogP contribution in [-0.2, 0) is 19.2 Å². The van der Waals surface area contributed by atoms with Gasteiger partial charge in [-0.15, -0.1) is 0 Å². The van der Waals surface area contributed by atoms with Gasteiger partial charge in [-0.05, 0) is 47.0 Å². The van der Waals surface area contributed by atoms with Crippen molar-refractivity contribution < 1.29 is 19.2 Å². The predicted molar refractivity (Wildman–Crippen MR) is 79.8 cm³/mol. The Morgan fingerprint density at radius 2 is 1.67 bits per heavy atom. The summed E-state index contributed by atoms with van der Waals surface area (Å²) in [5, 5.41) is 0. The van der Waals surface area contributed by atoms with Crippen LogP contribution in [0.15, 0.2) is 12.2 Å². The van der Waals surface area contributed by atoms with E-state index < -0.39 is 10.8 Å². The molecule has 116 valence electrons. The maximum Gasteiger partial charge on any atom is 0.150 e. The van der Waals surface area contributed by atoms with E-state index in [1.54, 1.807) is 6.92 Å². The highest BCUT2D eigenvalue weighted by atomic mass is 16.2. The van der Waals surface area contributed by atoms with Crippen LogP contribution in [0.25, 0.3) is 0 Å². The van der Waals surface area contributed by atoms with E-state index in [1.165, 1.54) is 20.8 Å². The lowest BCUT2D eigenvalue weighted by molar-refractivity contribution is -0.142. The number of hydrogen-bond acceptors (Lipinski definition) is 4. The van der Waals surface area contributed by atoms with Crippen LogP contribution in [0.3, 0.4) is 0 Å². The first-order valence-corrected chi connectivity index (χ1v) is 7.33. The van der Waals surface area contributed by atoms with Gasteiger partial charge in [-0.25, -0.2) is 0 Å². The van der Waals surface area contributed by atoms with E-state index in [2.05, 4.69) is 6.58 Å². The first-order chi connectivity index (χ1) is 9.59. The summed E-state index contributed by atoms with van der Waals surface area (Å²) < 4.78 is 0. The monoisotopic (exact) mass is 292 g/mol. The SMILES string of the molecule is C=C(CC(C)(C(C)=O)C(C)=O)[C@]1(C(C)=O)CCCCC1=O. The Kier molecular flexibility index (Phi) is 5.03. The number of rotatable bonds is 6. The minimum atomic E-state index is -1.21. The van der Waals surface area contributed by atoms with Gasteiger partial charge >= 0.3 is 0 Å². The molecular formula is C17H24O4. The van der Waals surface area contributed by atoms with Crippen molar-refractivity contribution in [2.75, 3.05) is 0 Å². The van der Waals surface area contributed by atoms with E-state index in [9.17, 15) is 19.2 Å². The molecule has 0 aromatic carbocycles. The maximum atomic E-state index is 12.4. The molecule has 0 amide bonds. The first-order valence-electron chi connectivity index (χ1n) is 7.33. The topological polar surface area (TPSA) is 68.3 Å². The molecule has 0 aromatic heterocycles. The molecule has 1 atom stereocenters. The minimum Gasteiger partial charge on any atom is -0.299 e. The van der Waals surface area contributed by atoms with E-state index in [4.69, 9.17) is 0 Å². The molecule has 1 aliphatic rings. The van der Waals surface area contributed by atoms with Crippen LogP contribution >= 0.6 is 0 Å². The Bertz CT molecular complexity index is 501. The number of ketones is 4. The third-order valence-corrected chi connectivity index (χ3v) is 5.01. The smallest absolute Gasteiger partial charge is 0.150 e. The highest BCUT2D eigenvalue weighted by Gasteiger charge is 2.49. The van der Waals surface area contributed by atoms with Crippen molar-refractivity contribution in [3.05, 3.63) is 12.2 Å². The number of Topliss-reactive ketones (excluding diaryl/α,β-unsaturated/α-hetero) is 4. The maximum absolute atomic E-state index is 12.4. The van der Waals surface area contributed by atoms with Crippen LogP contribution < -0.4 is 0 Å². The van der Waals surface area contributed by atoms with Gasteiger partial charge in [0.2, 0.25) is 0 Å². The summed E-state index contributed by atoms with van der Waals surface area (Å²) in [5.74, 6) is -0.886. The summed E-state index contributed by atoms with van der Waals surface area (Å²) in [6.07, 6.45) is 2.41. The third kappa shape index (κ3) is 2.89. The minimum absolute atomic E-state index is 0.0585. The molecule has 21 heavy (non-hydrogen) atoms. The Morgan fingerprint density at radius 1 is 1.14 bits per heavy atom. The Labute approximate surface area is 126 Å². The molecule has 1 saturated carbocycles. The van der Waals surface area contributed by atoms with Gasteiger partial charge in [-0.1, -0.05) is 18.6 Å². The molecule has 1 aliphatic carbocycles. The van der Waals surface area contributed by atoms with Gasteiger partial charge < -0.3 is 0 Å². The van der Waals surface area contributed by atoms with Gasteiger partial charge in [0.1, 0.15) is 28.5 Å². The van der Waals surface area contributed by atoms with Crippen LogP contribution in [0.5, 0.6) is 0 Å². The second-order valence-electron chi connectivity index (χ2n) is 6.32. The van der Waals surface area contributed by atoms with Crippen molar-refractivity contribution in [1.29, 1.82) is 0 Å². The summed E-state index contributed by atoms with van der Waals surface area (Å²) in [4.78, 5) is 48.2. The number of allylic oxidation sites excluding steroid dienone is 1. The summed E-state index contributed by atoms with van der Waals surface area (Å²) in [6.45, 7) is 9.60. The van der Waals surface area contributed by atoms with E-state index in [1.807, 2.05) is 0 Å². The molecule has 0 aliphatic heterocycles. The molecule has 0 saturated heterocycles. The number of carbonyl (C=O) groups is 4. The van der Waals surface area contributed by atoms with Gasteiger partial charge in [-0.3, -0.25) is 19.2 Å². The number of hydrogen-bond donors (Lipinski definition) is 0. The van der Waals surface area contributed by atoms with Gasteiger partial charge in [0.25, 0.3) is 0 Å². The molecule has 0 unspecified atom stereocenters. The molecule has 0 heterocycles. The average molecular weight is 292 g/mol. The van der Waals surface area contributed by atoms with Gasteiger partial charge in [0.15, 0.2) is 0 Å². The zero-order chi connectivity index (χ0) is 16.4. The second-order valence-corrected chi connectivity index (χ2v) is 6.32. The molecule has 0 aromatic rings. The standard InChI is InChI=1S/C17H24O4/c1-11(10-16(5,12(2)18)13(3)19)17(14(4)20)9-7-6-8-15(17)21/h1,6-10H2,2-5H3/t17-/m0/s1. The van der Waals surface area contributed by atoms with Gasteiger partial charge in [0, 0.05) is 6.42 Å². The van der Waals surface area contributed by atoms with E-state index in [0.717, 1.165) is 12.8 Å². The molecule has 1 fully saturated rings. The molecule has 0 bridgehead atoms. The molecule has 4 heteroatoms.